The molecule has 0 aliphatic carbocycles. The summed E-state index contributed by atoms with van der Waals surface area (Å²) in [6, 6.07) is 6.93. The van der Waals surface area contributed by atoms with Crippen LogP contribution in [0.5, 0.6) is 0 Å². The third kappa shape index (κ3) is 6.98. The molecule has 0 radical (unpaired) electrons. The molecule has 3 aromatic rings. The van der Waals surface area contributed by atoms with Gasteiger partial charge in [-0.1, -0.05) is 23.7 Å². The molecule has 11 nitrogen and oxygen atoms in total. The number of halogens is 2. The van der Waals surface area contributed by atoms with Crippen LogP contribution in [0, 0.1) is 5.82 Å². The van der Waals surface area contributed by atoms with Crippen LogP contribution in [-0.2, 0) is 6.54 Å². The van der Waals surface area contributed by atoms with Gasteiger partial charge >= 0.3 is 6.03 Å². The summed E-state index contributed by atoms with van der Waals surface area (Å²) in [4.78, 5) is 39.3. The van der Waals surface area contributed by atoms with Gasteiger partial charge in [-0.2, -0.15) is 0 Å². The monoisotopic (exact) mass is 487 g/mol. The van der Waals surface area contributed by atoms with Crippen molar-refractivity contribution in [2.75, 3.05) is 23.7 Å². The van der Waals surface area contributed by atoms with E-state index < -0.39 is 17.4 Å². The Balaban J connectivity index is 1.56. The second kappa shape index (κ2) is 11.7. The van der Waals surface area contributed by atoms with E-state index in [2.05, 4.69) is 35.9 Å². The number of benzene rings is 1. The number of nitrogens with one attached hydrogen (secondary N) is 4. The summed E-state index contributed by atoms with van der Waals surface area (Å²) in [5.41, 5.74) is 11.6. The molecule has 8 N–H and O–H groups in total. The van der Waals surface area contributed by atoms with Gasteiger partial charge in [0.15, 0.2) is 11.8 Å². The minimum Gasteiger partial charge on any atom is -0.370 e. The first-order valence-electron chi connectivity index (χ1n) is 10.2. The van der Waals surface area contributed by atoms with Gasteiger partial charge in [-0.25, -0.2) is 14.2 Å². The maximum Gasteiger partial charge on any atom is 0.326 e. The molecule has 2 aromatic heterocycles. The number of H-pyrrole nitrogens is 1. The van der Waals surface area contributed by atoms with Crippen molar-refractivity contribution in [1.82, 2.24) is 20.3 Å². The molecule has 0 atom stereocenters. The number of urea groups is 1. The van der Waals surface area contributed by atoms with Crippen LogP contribution in [0.2, 0.25) is 5.02 Å². The lowest BCUT2D eigenvalue weighted by Gasteiger charge is -2.09. The molecule has 2 amide bonds. The van der Waals surface area contributed by atoms with Crippen molar-refractivity contribution in [2.45, 2.75) is 13.0 Å². The van der Waals surface area contributed by atoms with Gasteiger partial charge in [-0.15, -0.1) is 0 Å². The van der Waals surface area contributed by atoms with Crippen molar-refractivity contribution in [1.29, 1.82) is 0 Å². The van der Waals surface area contributed by atoms with Crippen molar-refractivity contribution in [3.63, 3.8) is 0 Å². The molecule has 1 aromatic carbocycles. The van der Waals surface area contributed by atoms with Gasteiger partial charge in [0, 0.05) is 31.0 Å². The van der Waals surface area contributed by atoms with Gasteiger partial charge in [0.25, 0.3) is 5.56 Å². The van der Waals surface area contributed by atoms with E-state index in [1.807, 2.05) is 0 Å². The van der Waals surface area contributed by atoms with Crippen LogP contribution in [-0.4, -0.2) is 40.0 Å². The molecule has 0 aliphatic heterocycles. The number of amides is 2. The summed E-state index contributed by atoms with van der Waals surface area (Å²) >= 11 is 5.69. The Labute approximate surface area is 198 Å². The highest BCUT2D eigenvalue weighted by atomic mass is 35.5. The van der Waals surface area contributed by atoms with Crippen molar-refractivity contribution < 1.29 is 9.18 Å². The zero-order valence-electron chi connectivity index (χ0n) is 17.9. The maximum absolute atomic E-state index is 13.9. The average molecular weight is 488 g/mol. The zero-order chi connectivity index (χ0) is 24.5. The summed E-state index contributed by atoms with van der Waals surface area (Å²) < 4.78 is 13.9. The first-order chi connectivity index (χ1) is 16.3. The highest BCUT2D eigenvalue weighted by molar-refractivity contribution is 6.31. The molecule has 0 fully saturated rings. The summed E-state index contributed by atoms with van der Waals surface area (Å²) in [6.07, 6.45) is 3.65. The Morgan fingerprint density at radius 1 is 1.15 bits per heavy atom. The first-order valence-corrected chi connectivity index (χ1v) is 10.5. The van der Waals surface area contributed by atoms with E-state index in [1.54, 1.807) is 18.3 Å². The highest BCUT2D eigenvalue weighted by Crippen LogP contribution is 2.22. The third-order valence-corrected chi connectivity index (χ3v) is 4.77. The fourth-order valence-electron chi connectivity index (χ4n) is 2.84. The first kappa shape index (κ1) is 24.6. The van der Waals surface area contributed by atoms with E-state index in [-0.39, 0.29) is 28.2 Å². The topological polar surface area (TPSA) is 176 Å². The number of carbonyl (C=O) groups is 1. The molecule has 0 saturated heterocycles. The Bertz CT molecular complexity index is 1230. The molecular weight excluding hydrogens is 465 g/mol. The predicted octanol–water partition coefficient (Wildman–Crippen LogP) is 2.02. The van der Waals surface area contributed by atoms with Gasteiger partial charge in [0.05, 0.1) is 22.0 Å². The minimum absolute atomic E-state index is 0.0711. The van der Waals surface area contributed by atoms with Gasteiger partial charge in [-0.3, -0.25) is 25.1 Å². The smallest absolute Gasteiger partial charge is 0.326 e. The number of aromatic nitrogens is 3. The maximum atomic E-state index is 13.9. The quantitative estimate of drug-likeness (QED) is 0.152. The summed E-state index contributed by atoms with van der Waals surface area (Å²) in [5.74, 6) is -0.807. The number of nitrogens with zero attached hydrogens (tertiary/aromatic N) is 3. The molecule has 0 saturated carbocycles. The number of anilines is 2. The van der Waals surface area contributed by atoms with Gasteiger partial charge in [0.2, 0.25) is 5.95 Å². The minimum atomic E-state index is -0.797. The molecule has 0 aliphatic rings. The number of nitrogens with two attached hydrogens (primary N) is 2. The van der Waals surface area contributed by atoms with E-state index in [4.69, 9.17) is 23.1 Å². The number of hydrogen-bond acceptors (Lipinski definition) is 6. The zero-order valence-corrected chi connectivity index (χ0v) is 18.7. The van der Waals surface area contributed by atoms with Crippen molar-refractivity contribution in [3.8, 4) is 11.1 Å². The number of aromatic amines is 1. The second-order valence-electron chi connectivity index (χ2n) is 7.03. The predicted molar refractivity (Wildman–Crippen MR) is 129 cm³/mol. The molecule has 0 unspecified atom stereocenters. The van der Waals surface area contributed by atoms with E-state index in [0.717, 1.165) is 18.7 Å². The lowest BCUT2D eigenvalue weighted by Crippen LogP contribution is -2.24. The number of guanidine groups is 1. The van der Waals surface area contributed by atoms with Crippen molar-refractivity contribution in [2.24, 2.45) is 16.5 Å². The summed E-state index contributed by atoms with van der Waals surface area (Å²) in [7, 11) is 0. The fourth-order valence-corrected chi connectivity index (χ4v) is 3.02. The standard InChI is InChI=1S/C21H23ClFN9O2/c22-15-3-1-4-16(17(15)23)30-21(34)32-20-29-11-14(18(33)31-20)12-5-6-13(28-9-12)10-26-7-2-8-27-19(24)25/h1,3-6,9,11,26H,2,7-8,10H2,(H4,24,25,27)(H3,29,30,31,32,33,34). The molecular formula is C21H23ClFN9O2. The van der Waals surface area contributed by atoms with Gasteiger partial charge in [0.1, 0.15) is 0 Å². The Morgan fingerprint density at radius 3 is 2.68 bits per heavy atom. The lowest BCUT2D eigenvalue weighted by molar-refractivity contribution is 0.262. The second-order valence-corrected chi connectivity index (χ2v) is 7.44. The fraction of sp³-hybridized carbons (Fsp3) is 0.190. The average Bonchev–Trinajstić information content (AvgIpc) is 2.80. The van der Waals surface area contributed by atoms with E-state index in [0.29, 0.717) is 18.7 Å². The molecule has 2 heterocycles. The Kier molecular flexibility index (Phi) is 8.48. The summed E-state index contributed by atoms with van der Waals surface area (Å²) in [6.45, 7) is 1.80. The Hall–Kier alpha value is -4.03. The van der Waals surface area contributed by atoms with Crippen LogP contribution < -0.4 is 33.0 Å². The van der Waals surface area contributed by atoms with Crippen LogP contribution in [0.3, 0.4) is 0 Å². The molecule has 34 heavy (non-hydrogen) atoms. The van der Waals surface area contributed by atoms with Crippen LogP contribution in [0.1, 0.15) is 12.1 Å². The normalized spacial score (nSPS) is 10.5. The molecule has 0 bridgehead atoms. The van der Waals surface area contributed by atoms with Crippen LogP contribution >= 0.6 is 11.6 Å². The van der Waals surface area contributed by atoms with Crippen molar-refractivity contribution >= 4 is 35.2 Å². The molecule has 13 heteroatoms. The van der Waals surface area contributed by atoms with Gasteiger partial charge < -0.3 is 22.1 Å². The summed E-state index contributed by atoms with van der Waals surface area (Å²) in [5, 5.41) is 7.73. The molecule has 3 rings (SSSR count). The largest absolute Gasteiger partial charge is 0.370 e. The van der Waals surface area contributed by atoms with Gasteiger partial charge in [-0.05, 0) is 31.2 Å². The number of rotatable bonds is 9. The van der Waals surface area contributed by atoms with Crippen LogP contribution in [0.4, 0.5) is 20.8 Å². The highest BCUT2D eigenvalue weighted by Gasteiger charge is 2.12. The van der Waals surface area contributed by atoms with Crippen LogP contribution in [0.25, 0.3) is 11.1 Å². The lowest BCUT2D eigenvalue weighted by atomic mass is 10.1. The molecule has 0 spiro atoms. The number of pyridine rings is 1. The van der Waals surface area contributed by atoms with E-state index in [9.17, 15) is 14.0 Å². The van der Waals surface area contributed by atoms with E-state index >= 15 is 0 Å². The SMILES string of the molecule is NC(N)=NCCCNCc1ccc(-c2cnc(NC(=O)Nc3cccc(Cl)c3F)[nH]c2=O)cn1. The number of hydrogen-bond donors (Lipinski definition) is 6. The van der Waals surface area contributed by atoms with E-state index in [1.165, 1.54) is 24.4 Å². The van der Waals surface area contributed by atoms with Crippen molar-refractivity contribution in [3.05, 3.63) is 69.6 Å². The third-order valence-electron chi connectivity index (χ3n) is 4.48. The Morgan fingerprint density at radius 2 is 1.97 bits per heavy atom. The molecule has 178 valence electrons. The number of carbonyl (C=O) groups excluding carboxylic acids is 1. The number of aliphatic imine (C=N–C) groups is 1. The van der Waals surface area contributed by atoms with Crippen LogP contribution in [0.15, 0.2) is 52.5 Å².